The van der Waals surface area contributed by atoms with Crippen molar-refractivity contribution < 1.29 is 9.84 Å². The zero-order chi connectivity index (χ0) is 16.7. The summed E-state index contributed by atoms with van der Waals surface area (Å²) in [6, 6.07) is 15.9. The Balaban J connectivity index is 1.79. The first-order valence-electron chi connectivity index (χ1n) is 7.95. The van der Waals surface area contributed by atoms with E-state index in [2.05, 4.69) is 43.4 Å². The normalized spacial score (nSPS) is 13.6. The fourth-order valence-electron chi connectivity index (χ4n) is 2.36. The Bertz CT molecular complexity index is 583. The van der Waals surface area contributed by atoms with Gasteiger partial charge in [0.2, 0.25) is 0 Å². The average molecular weight is 334 g/mol. The molecule has 0 saturated heterocycles. The molecule has 0 aliphatic carbocycles. The SMILES string of the molecule is CCC(NCC(O)COc1ccc(Cl)cc1)c1ccc(C)cc1. The zero-order valence-corrected chi connectivity index (χ0v) is 14.4. The first kappa shape index (κ1) is 17.8. The van der Waals surface area contributed by atoms with Crippen molar-refractivity contribution >= 4 is 11.6 Å². The molecular weight excluding hydrogens is 310 g/mol. The predicted molar refractivity (Wildman–Crippen MR) is 95.2 cm³/mol. The number of aliphatic hydroxyl groups is 1. The van der Waals surface area contributed by atoms with Gasteiger partial charge in [0.15, 0.2) is 0 Å². The number of rotatable bonds is 8. The van der Waals surface area contributed by atoms with E-state index < -0.39 is 6.10 Å². The Morgan fingerprint density at radius 1 is 1.09 bits per heavy atom. The molecule has 4 heteroatoms. The van der Waals surface area contributed by atoms with Crippen LogP contribution in [0.15, 0.2) is 48.5 Å². The third-order valence-electron chi connectivity index (χ3n) is 3.74. The molecule has 0 heterocycles. The van der Waals surface area contributed by atoms with Gasteiger partial charge in [0.25, 0.3) is 0 Å². The second-order valence-electron chi connectivity index (χ2n) is 5.70. The van der Waals surface area contributed by atoms with Crippen LogP contribution in [0.3, 0.4) is 0 Å². The highest BCUT2D eigenvalue weighted by atomic mass is 35.5. The van der Waals surface area contributed by atoms with E-state index in [1.807, 2.05) is 0 Å². The molecule has 2 aromatic carbocycles. The minimum Gasteiger partial charge on any atom is -0.491 e. The molecule has 2 unspecified atom stereocenters. The van der Waals surface area contributed by atoms with Gasteiger partial charge in [-0.25, -0.2) is 0 Å². The number of hydrogen-bond acceptors (Lipinski definition) is 3. The maximum Gasteiger partial charge on any atom is 0.119 e. The van der Waals surface area contributed by atoms with E-state index in [-0.39, 0.29) is 12.6 Å². The molecule has 0 aliphatic heterocycles. The lowest BCUT2D eigenvalue weighted by Crippen LogP contribution is -2.33. The van der Waals surface area contributed by atoms with E-state index in [4.69, 9.17) is 16.3 Å². The summed E-state index contributed by atoms with van der Waals surface area (Å²) in [4.78, 5) is 0. The second kappa shape index (κ2) is 8.92. The number of nitrogens with one attached hydrogen (secondary N) is 1. The van der Waals surface area contributed by atoms with Crippen LogP contribution < -0.4 is 10.1 Å². The van der Waals surface area contributed by atoms with Crippen LogP contribution in [-0.4, -0.2) is 24.4 Å². The van der Waals surface area contributed by atoms with Crippen LogP contribution >= 0.6 is 11.6 Å². The molecule has 0 bridgehead atoms. The monoisotopic (exact) mass is 333 g/mol. The van der Waals surface area contributed by atoms with Crippen LogP contribution in [0, 0.1) is 6.92 Å². The first-order valence-corrected chi connectivity index (χ1v) is 8.32. The average Bonchev–Trinajstić information content (AvgIpc) is 2.56. The van der Waals surface area contributed by atoms with Crippen LogP contribution in [0.25, 0.3) is 0 Å². The summed E-state index contributed by atoms with van der Waals surface area (Å²) in [7, 11) is 0. The van der Waals surface area contributed by atoms with Gasteiger partial charge in [-0.05, 0) is 43.2 Å². The molecule has 3 nitrogen and oxygen atoms in total. The van der Waals surface area contributed by atoms with Gasteiger partial charge in [0.05, 0.1) is 0 Å². The third-order valence-corrected chi connectivity index (χ3v) is 4.00. The van der Waals surface area contributed by atoms with Crippen molar-refractivity contribution in [3.05, 3.63) is 64.7 Å². The number of aryl methyl sites for hydroxylation is 1. The van der Waals surface area contributed by atoms with Gasteiger partial charge in [0, 0.05) is 17.6 Å². The Morgan fingerprint density at radius 3 is 2.35 bits per heavy atom. The summed E-state index contributed by atoms with van der Waals surface area (Å²) in [6.07, 6.45) is 0.401. The van der Waals surface area contributed by atoms with Gasteiger partial charge >= 0.3 is 0 Å². The first-order chi connectivity index (χ1) is 11.1. The number of halogens is 1. The number of aliphatic hydroxyl groups excluding tert-OH is 1. The van der Waals surface area contributed by atoms with E-state index in [1.54, 1.807) is 24.3 Å². The van der Waals surface area contributed by atoms with Crippen molar-refractivity contribution in [3.8, 4) is 5.75 Å². The van der Waals surface area contributed by atoms with E-state index in [1.165, 1.54) is 11.1 Å². The predicted octanol–water partition coefficient (Wildman–Crippen LogP) is 4.13. The summed E-state index contributed by atoms with van der Waals surface area (Å²) in [5, 5.41) is 14.2. The summed E-state index contributed by atoms with van der Waals surface area (Å²) >= 11 is 5.83. The lowest BCUT2D eigenvalue weighted by Gasteiger charge is -2.20. The number of hydrogen-bond donors (Lipinski definition) is 2. The van der Waals surface area contributed by atoms with E-state index in [0.29, 0.717) is 17.3 Å². The highest BCUT2D eigenvalue weighted by molar-refractivity contribution is 6.30. The van der Waals surface area contributed by atoms with Crippen molar-refractivity contribution in [2.45, 2.75) is 32.4 Å². The maximum absolute atomic E-state index is 10.1. The van der Waals surface area contributed by atoms with E-state index in [0.717, 1.165) is 6.42 Å². The lowest BCUT2D eigenvalue weighted by molar-refractivity contribution is 0.103. The Labute approximate surface area is 143 Å². The van der Waals surface area contributed by atoms with Crippen LogP contribution in [0.5, 0.6) is 5.75 Å². The van der Waals surface area contributed by atoms with Crippen LogP contribution in [-0.2, 0) is 0 Å². The highest BCUT2D eigenvalue weighted by Gasteiger charge is 2.12. The molecule has 0 amide bonds. The van der Waals surface area contributed by atoms with Crippen LogP contribution in [0.2, 0.25) is 5.02 Å². The standard InChI is InChI=1S/C19H24ClNO2/c1-3-19(15-6-4-14(2)5-7-15)21-12-17(22)13-23-18-10-8-16(20)9-11-18/h4-11,17,19,21-22H,3,12-13H2,1-2H3. The van der Waals surface area contributed by atoms with Crippen molar-refractivity contribution in [1.82, 2.24) is 5.32 Å². The molecule has 124 valence electrons. The summed E-state index contributed by atoms with van der Waals surface area (Å²) in [6.45, 7) is 4.95. The fraction of sp³-hybridized carbons (Fsp3) is 0.368. The fourth-order valence-corrected chi connectivity index (χ4v) is 2.48. The molecule has 23 heavy (non-hydrogen) atoms. The summed E-state index contributed by atoms with van der Waals surface area (Å²) in [5.41, 5.74) is 2.49. The van der Waals surface area contributed by atoms with E-state index >= 15 is 0 Å². The molecule has 2 N–H and O–H groups in total. The molecule has 0 fully saturated rings. The van der Waals surface area contributed by atoms with Gasteiger partial charge < -0.3 is 15.2 Å². The molecule has 2 aromatic rings. The number of ether oxygens (including phenoxy) is 1. The van der Waals surface area contributed by atoms with Crippen LogP contribution in [0.4, 0.5) is 0 Å². The maximum atomic E-state index is 10.1. The van der Waals surface area contributed by atoms with Gasteiger partial charge in [-0.2, -0.15) is 0 Å². The largest absolute Gasteiger partial charge is 0.491 e. The summed E-state index contributed by atoms with van der Waals surface area (Å²) in [5.74, 6) is 0.707. The van der Waals surface area contributed by atoms with Gasteiger partial charge in [-0.3, -0.25) is 0 Å². The Kier molecular flexibility index (Phi) is 6.90. The molecular formula is C19H24ClNO2. The molecule has 0 saturated carbocycles. The molecule has 2 rings (SSSR count). The number of benzene rings is 2. The zero-order valence-electron chi connectivity index (χ0n) is 13.6. The lowest BCUT2D eigenvalue weighted by atomic mass is 10.0. The minimum absolute atomic E-state index is 0.237. The molecule has 0 aliphatic rings. The highest BCUT2D eigenvalue weighted by Crippen LogP contribution is 2.18. The van der Waals surface area contributed by atoms with Gasteiger partial charge in [0.1, 0.15) is 18.5 Å². The van der Waals surface area contributed by atoms with E-state index in [9.17, 15) is 5.11 Å². The second-order valence-corrected chi connectivity index (χ2v) is 6.13. The topological polar surface area (TPSA) is 41.5 Å². The molecule has 2 atom stereocenters. The third kappa shape index (κ3) is 5.87. The molecule has 0 aromatic heterocycles. The van der Waals surface area contributed by atoms with Crippen molar-refractivity contribution in [2.24, 2.45) is 0 Å². The summed E-state index contributed by atoms with van der Waals surface area (Å²) < 4.78 is 5.56. The van der Waals surface area contributed by atoms with Gasteiger partial charge in [-0.15, -0.1) is 0 Å². The smallest absolute Gasteiger partial charge is 0.119 e. The van der Waals surface area contributed by atoms with Crippen LogP contribution in [0.1, 0.15) is 30.5 Å². The van der Waals surface area contributed by atoms with Crippen molar-refractivity contribution in [3.63, 3.8) is 0 Å². The van der Waals surface area contributed by atoms with Crippen molar-refractivity contribution in [2.75, 3.05) is 13.2 Å². The minimum atomic E-state index is -0.565. The molecule has 0 radical (unpaired) electrons. The Morgan fingerprint density at radius 2 is 1.74 bits per heavy atom. The molecule has 0 spiro atoms. The van der Waals surface area contributed by atoms with Gasteiger partial charge in [-0.1, -0.05) is 48.4 Å². The Hall–Kier alpha value is -1.55. The van der Waals surface area contributed by atoms with Crippen molar-refractivity contribution in [1.29, 1.82) is 0 Å². The quantitative estimate of drug-likeness (QED) is 0.763.